The van der Waals surface area contributed by atoms with Gasteiger partial charge in [0, 0.05) is 0 Å². The maximum Gasteiger partial charge on any atom is 0.235 e. The minimum absolute atomic E-state index is 0.0139. The minimum atomic E-state index is -1.54. The van der Waals surface area contributed by atoms with Crippen molar-refractivity contribution in [3.63, 3.8) is 0 Å². The number of carbonyl (C=O) groups excluding carboxylic acids is 1. The van der Waals surface area contributed by atoms with E-state index in [9.17, 15) is 9.00 Å². The van der Waals surface area contributed by atoms with Crippen LogP contribution < -0.4 is 4.72 Å². The fraction of sp³-hybridized carbons (Fsp3) is 0.889. The molecular weight excluding hydrogens is 202 g/mol. The molecule has 0 bridgehead atoms. The Kier molecular flexibility index (Phi) is 7.93. The summed E-state index contributed by atoms with van der Waals surface area (Å²) >= 11 is -1.54. The molecule has 0 fully saturated rings. The van der Waals surface area contributed by atoms with Crippen LogP contribution in [-0.2, 0) is 20.2 Å². The Morgan fingerprint density at radius 2 is 2.14 bits per heavy atom. The van der Waals surface area contributed by atoms with E-state index >= 15 is 0 Å². The first-order valence-electron chi connectivity index (χ1n) is 4.93. The average molecular weight is 221 g/mol. The van der Waals surface area contributed by atoms with E-state index in [1.807, 2.05) is 13.8 Å². The van der Waals surface area contributed by atoms with Crippen LogP contribution in [0.15, 0.2) is 0 Å². The highest BCUT2D eigenvalue weighted by Crippen LogP contribution is 1.96. The zero-order valence-corrected chi connectivity index (χ0v) is 9.86. The van der Waals surface area contributed by atoms with Crippen molar-refractivity contribution in [3.8, 4) is 0 Å². The van der Waals surface area contributed by atoms with E-state index in [0.717, 1.165) is 12.8 Å². The fourth-order valence-electron chi connectivity index (χ4n) is 0.883. The normalized spacial score (nSPS) is 15.1. The van der Waals surface area contributed by atoms with E-state index in [4.69, 9.17) is 4.18 Å². The molecule has 0 saturated carbocycles. The van der Waals surface area contributed by atoms with Crippen LogP contribution in [0.2, 0.25) is 0 Å². The zero-order chi connectivity index (χ0) is 11.0. The van der Waals surface area contributed by atoms with E-state index in [-0.39, 0.29) is 11.8 Å². The number of rotatable bonds is 8. The van der Waals surface area contributed by atoms with Crippen LogP contribution in [0.5, 0.6) is 0 Å². The summed E-state index contributed by atoms with van der Waals surface area (Å²) in [4.78, 5) is 11.0. The highest BCUT2D eigenvalue weighted by Gasteiger charge is 2.14. The predicted molar refractivity (Wildman–Crippen MR) is 56.9 cm³/mol. The second kappa shape index (κ2) is 8.08. The molecule has 2 atom stereocenters. The Hall–Kier alpha value is -0.260. The molecule has 2 unspecified atom stereocenters. The van der Waals surface area contributed by atoms with Crippen LogP contribution in [0.3, 0.4) is 0 Å². The highest BCUT2D eigenvalue weighted by molar-refractivity contribution is 7.78. The minimum Gasteiger partial charge on any atom is -0.298 e. The Morgan fingerprint density at radius 1 is 1.50 bits per heavy atom. The molecule has 5 heteroatoms. The van der Waals surface area contributed by atoms with Crippen molar-refractivity contribution in [3.05, 3.63) is 0 Å². The van der Waals surface area contributed by atoms with Gasteiger partial charge in [-0.15, -0.1) is 0 Å². The molecule has 4 nitrogen and oxygen atoms in total. The summed E-state index contributed by atoms with van der Waals surface area (Å²) in [7, 11) is 0. The van der Waals surface area contributed by atoms with E-state index < -0.39 is 11.3 Å². The topological polar surface area (TPSA) is 55.4 Å². The zero-order valence-electron chi connectivity index (χ0n) is 9.04. The largest absolute Gasteiger partial charge is 0.298 e. The van der Waals surface area contributed by atoms with Crippen molar-refractivity contribution in [2.45, 2.75) is 46.1 Å². The summed E-state index contributed by atoms with van der Waals surface area (Å²) in [6, 6.07) is -0.363. The summed E-state index contributed by atoms with van der Waals surface area (Å²) in [6.07, 6.45) is 2.50. The summed E-state index contributed by atoms with van der Waals surface area (Å²) in [5.41, 5.74) is 0. The Labute approximate surface area is 88.2 Å². The van der Waals surface area contributed by atoms with E-state index in [2.05, 4.69) is 4.72 Å². The van der Waals surface area contributed by atoms with Crippen LogP contribution >= 0.6 is 0 Å². The number of nitrogens with one attached hydrogen (secondary N) is 1. The van der Waals surface area contributed by atoms with Crippen LogP contribution in [0, 0.1) is 0 Å². The van der Waals surface area contributed by atoms with Crippen molar-refractivity contribution >= 4 is 17.0 Å². The van der Waals surface area contributed by atoms with Crippen LogP contribution in [0.4, 0.5) is 0 Å². The van der Waals surface area contributed by atoms with Gasteiger partial charge in [0.05, 0.1) is 12.6 Å². The Morgan fingerprint density at radius 3 is 2.57 bits per heavy atom. The number of hydrogen-bond acceptors (Lipinski definition) is 3. The van der Waals surface area contributed by atoms with E-state index in [1.165, 1.54) is 6.92 Å². The van der Waals surface area contributed by atoms with Crippen molar-refractivity contribution in [1.82, 2.24) is 4.72 Å². The van der Waals surface area contributed by atoms with Gasteiger partial charge < -0.3 is 0 Å². The number of unbranched alkanes of at least 4 members (excludes halogenated alkanes) is 1. The standard InChI is InChI=1S/C9H19NO3S/c1-4-6-7-13-14(12)10-9(5-2)8(3)11/h9-10H,4-7H2,1-3H3. The lowest BCUT2D eigenvalue weighted by Crippen LogP contribution is -2.36. The molecule has 84 valence electrons. The van der Waals surface area contributed by atoms with Crippen molar-refractivity contribution in [2.24, 2.45) is 0 Å². The molecule has 0 aromatic rings. The molecule has 0 aliphatic heterocycles. The lowest BCUT2D eigenvalue weighted by Gasteiger charge is -2.11. The molecule has 0 rings (SSSR count). The number of carbonyl (C=O) groups is 1. The third-order valence-electron chi connectivity index (χ3n) is 1.83. The van der Waals surface area contributed by atoms with Gasteiger partial charge in [0.2, 0.25) is 11.3 Å². The van der Waals surface area contributed by atoms with Crippen molar-refractivity contribution < 1.29 is 13.2 Å². The van der Waals surface area contributed by atoms with Crippen LogP contribution in [-0.4, -0.2) is 22.6 Å². The molecule has 14 heavy (non-hydrogen) atoms. The Bertz CT molecular complexity index is 196. The third-order valence-corrected chi connectivity index (χ3v) is 2.68. The predicted octanol–water partition coefficient (Wildman–Crippen LogP) is 1.34. The maximum absolute atomic E-state index is 11.2. The average Bonchev–Trinajstić information content (AvgIpc) is 2.14. The molecule has 0 heterocycles. The van der Waals surface area contributed by atoms with Gasteiger partial charge in [-0.05, 0) is 19.8 Å². The lowest BCUT2D eigenvalue weighted by molar-refractivity contribution is -0.118. The summed E-state index contributed by atoms with van der Waals surface area (Å²) in [5, 5.41) is 0. The lowest BCUT2D eigenvalue weighted by atomic mass is 10.2. The first-order chi connectivity index (χ1) is 6.61. The molecule has 1 N–H and O–H groups in total. The molecule has 0 radical (unpaired) electrons. The first kappa shape index (κ1) is 13.7. The van der Waals surface area contributed by atoms with Gasteiger partial charge in [-0.2, -0.15) is 0 Å². The van der Waals surface area contributed by atoms with Crippen molar-refractivity contribution in [2.75, 3.05) is 6.61 Å². The van der Waals surface area contributed by atoms with Gasteiger partial charge in [-0.25, -0.2) is 8.93 Å². The fourth-order valence-corrected chi connectivity index (χ4v) is 1.79. The second-order valence-electron chi connectivity index (χ2n) is 3.10. The molecule has 0 amide bonds. The van der Waals surface area contributed by atoms with Gasteiger partial charge >= 0.3 is 0 Å². The van der Waals surface area contributed by atoms with E-state index in [1.54, 1.807) is 0 Å². The number of hydrogen-bond donors (Lipinski definition) is 1. The summed E-state index contributed by atoms with van der Waals surface area (Å²) in [6.45, 7) is 5.83. The number of Topliss-reactive ketones (excluding diaryl/α,β-unsaturated/α-hetero) is 1. The first-order valence-corrected chi connectivity index (χ1v) is 6.00. The molecular formula is C9H19NO3S. The Balaban J connectivity index is 3.74. The van der Waals surface area contributed by atoms with Gasteiger partial charge in [0.15, 0.2) is 0 Å². The molecule has 0 aromatic carbocycles. The smallest absolute Gasteiger partial charge is 0.235 e. The van der Waals surface area contributed by atoms with Gasteiger partial charge in [0.25, 0.3) is 0 Å². The second-order valence-corrected chi connectivity index (χ2v) is 4.04. The third kappa shape index (κ3) is 6.23. The molecule has 0 aliphatic rings. The number of ketones is 1. The highest BCUT2D eigenvalue weighted by atomic mass is 32.2. The van der Waals surface area contributed by atoms with Crippen LogP contribution in [0.1, 0.15) is 40.0 Å². The van der Waals surface area contributed by atoms with Gasteiger partial charge in [-0.3, -0.25) is 8.98 Å². The molecule has 0 aliphatic carbocycles. The van der Waals surface area contributed by atoms with Crippen LogP contribution in [0.25, 0.3) is 0 Å². The van der Waals surface area contributed by atoms with Crippen molar-refractivity contribution in [1.29, 1.82) is 0 Å². The molecule has 0 aromatic heterocycles. The maximum atomic E-state index is 11.2. The molecule has 0 spiro atoms. The quantitative estimate of drug-likeness (QED) is 0.629. The van der Waals surface area contributed by atoms with Gasteiger partial charge in [0.1, 0.15) is 5.78 Å². The SMILES string of the molecule is CCCCOS(=O)NC(CC)C(C)=O. The molecule has 0 saturated heterocycles. The summed E-state index contributed by atoms with van der Waals surface area (Å²) in [5.74, 6) is -0.0139. The monoisotopic (exact) mass is 221 g/mol. The summed E-state index contributed by atoms with van der Waals surface area (Å²) < 4.78 is 18.8. The van der Waals surface area contributed by atoms with Gasteiger partial charge in [-0.1, -0.05) is 20.3 Å². The van der Waals surface area contributed by atoms with E-state index in [0.29, 0.717) is 13.0 Å².